The molecule has 21 heavy (non-hydrogen) atoms. The zero-order chi connectivity index (χ0) is 15.8. The largest absolute Gasteiger partial charge is 0.444 e. The summed E-state index contributed by atoms with van der Waals surface area (Å²) < 4.78 is 5.30. The van der Waals surface area contributed by atoms with E-state index in [2.05, 4.69) is 0 Å². The van der Waals surface area contributed by atoms with Crippen LogP contribution in [0.3, 0.4) is 0 Å². The van der Waals surface area contributed by atoms with E-state index in [0.717, 1.165) is 12.8 Å². The predicted molar refractivity (Wildman–Crippen MR) is 76.4 cm³/mol. The van der Waals surface area contributed by atoms with Crippen LogP contribution in [-0.4, -0.2) is 52.9 Å². The normalized spacial score (nSPS) is 25.5. The molecule has 2 atom stereocenters. The molecule has 0 N–H and O–H groups in total. The Morgan fingerprint density at radius 1 is 1.19 bits per heavy atom. The van der Waals surface area contributed by atoms with E-state index < -0.39 is 11.7 Å². The molecule has 0 radical (unpaired) electrons. The summed E-state index contributed by atoms with van der Waals surface area (Å²) in [6.45, 7) is 8.48. The van der Waals surface area contributed by atoms with Crippen LogP contribution in [0, 0.1) is 11.8 Å². The van der Waals surface area contributed by atoms with Gasteiger partial charge < -0.3 is 9.64 Å². The highest BCUT2D eigenvalue weighted by Crippen LogP contribution is 2.34. The molecule has 0 saturated carbocycles. The molecular formula is C15H24N2O4. The Labute approximate surface area is 125 Å². The second-order valence-corrected chi connectivity index (χ2v) is 6.78. The number of rotatable bonds is 3. The summed E-state index contributed by atoms with van der Waals surface area (Å²) in [4.78, 5) is 39.4. The Morgan fingerprint density at radius 3 is 2.14 bits per heavy atom. The average molecular weight is 296 g/mol. The monoisotopic (exact) mass is 296 g/mol. The van der Waals surface area contributed by atoms with Crippen molar-refractivity contribution in [3.63, 3.8) is 0 Å². The molecule has 2 aliphatic heterocycles. The third-order valence-electron chi connectivity index (χ3n) is 3.87. The molecule has 2 rings (SSSR count). The fourth-order valence-electron chi connectivity index (χ4n) is 2.83. The quantitative estimate of drug-likeness (QED) is 0.743. The van der Waals surface area contributed by atoms with Crippen molar-refractivity contribution in [2.45, 2.75) is 46.1 Å². The number of hydrogen-bond acceptors (Lipinski definition) is 4. The number of carbonyl (C=O) groups is 3. The zero-order valence-electron chi connectivity index (χ0n) is 13.2. The van der Waals surface area contributed by atoms with E-state index in [1.54, 1.807) is 20.8 Å². The van der Waals surface area contributed by atoms with Gasteiger partial charge in [0.05, 0.1) is 11.8 Å². The van der Waals surface area contributed by atoms with Crippen LogP contribution in [0.5, 0.6) is 0 Å². The molecule has 0 aromatic rings. The number of nitrogens with zero attached hydrogens (tertiary/aromatic N) is 2. The van der Waals surface area contributed by atoms with Gasteiger partial charge in [-0.25, -0.2) is 4.79 Å². The predicted octanol–water partition coefficient (Wildman–Crippen LogP) is 1.64. The van der Waals surface area contributed by atoms with Gasteiger partial charge in [-0.3, -0.25) is 14.5 Å². The summed E-state index contributed by atoms with van der Waals surface area (Å²) in [6, 6.07) is 0. The fraction of sp³-hybridized carbons (Fsp3) is 0.800. The second-order valence-electron chi connectivity index (χ2n) is 6.78. The lowest BCUT2D eigenvalue weighted by atomic mass is 10.00. The summed E-state index contributed by atoms with van der Waals surface area (Å²) >= 11 is 0. The van der Waals surface area contributed by atoms with E-state index in [4.69, 9.17) is 4.74 Å². The van der Waals surface area contributed by atoms with Crippen LogP contribution in [0.1, 0.15) is 40.5 Å². The number of imide groups is 1. The summed E-state index contributed by atoms with van der Waals surface area (Å²) in [5, 5.41) is 0. The SMILES string of the molecule is CCCCN1C(=O)[C@H]2CN(C(=O)OC(C)(C)C)C[C@H]2C1=O. The maximum atomic E-state index is 12.3. The van der Waals surface area contributed by atoms with Crippen molar-refractivity contribution >= 4 is 17.9 Å². The van der Waals surface area contributed by atoms with E-state index in [1.165, 1.54) is 9.80 Å². The number of hydrogen-bond donors (Lipinski definition) is 0. The lowest BCUT2D eigenvalue weighted by Crippen LogP contribution is -2.40. The molecule has 0 spiro atoms. The number of carbonyl (C=O) groups excluding carboxylic acids is 3. The molecule has 0 aromatic heterocycles. The van der Waals surface area contributed by atoms with Gasteiger partial charge in [-0.15, -0.1) is 0 Å². The highest BCUT2D eigenvalue weighted by atomic mass is 16.6. The highest BCUT2D eigenvalue weighted by Gasteiger charge is 2.53. The van der Waals surface area contributed by atoms with Crippen molar-refractivity contribution in [3.05, 3.63) is 0 Å². The Morgan fingerprint density at radius 2 is 1.71 bits per heavy atom. The van der Waals surface area contributed by atoms with Crippen LogP contribution in [-0.2, 0) is 14.3 Å². The van der Waals surface area contributed by atoms with Crippen molar-refractivity contribution < 1.29 is 19.1 Å². The number of likely N-dealkylation sites (tertiary alicyclic amines) is 2. The molecule has 6 heteroatoms. The van der Waals surface area contributed by atoms with Crippen molar-refractivity contribution in [1.29, 1.82) is 0 Å². The lowest BCUT2D eigenvalue weighted by Gasteiger charge is -2.25. The van der Waals surface area contributed by atoms with E-state index in [9.17, 15) is 14.4 Å². The first-order valence-corrected chi connectivity index (χ1v) is 7.57. The van der Waals surface area contributed by atoms with Crippen molar-refractivity contribution in [2.75, 3.05) is 19.6 Å². The first-order chi connectivity index (χ1) is 9.74. The van der Waals surface area contributed by atoms with Crippen LogP contribution in [0.2, 0.25) is 0 Å². The summed E-state index contributed by atoms with van der Waals surface area (Å²) in [5.74, 6) is -1.04. The summed E-state index contributed by atoms with van der Waals surface area (Å²) in [7, 11) is 0. The molecule has 6 nitrogen and oxygen atoms in total. The van der Waals surface area contributed by atoms with Gasteiger partial charge in [-0.1, -0.05) is 13.3 Å². The van der Waals surface area contributed by atoms with Gasteiger partial charge in [0.25, 0.3) is 0 Å². The van der Waals surface area contributed by atoms with Gasteiger partial charge in [0, 0.05) is 19.6 Å². The standard InChI is InChI=1S/C15H24N2O4/c1-5-6-7-17-12(18)10-8-16(9-11(10)13(17)19)14(20)21-15(2,3)4/h10-11H,5-9H2,1-4H3/t10-,11+. The molecule has 2 heterocycles. The molecule has 3 amide bonds. The van der Waals surface area contributed by atoms with E-state index in [1.807, 2.05) is 6.92 Å². The molecule has 2 aliphatic rings. The van der Waals surface area contributed by atoms with Crippen LogP contribution in [0.15, 0.2) is 0 Å². The molecule has 0 unspecified atom stereocenters. The van der Waals surface area contributed by atoms with Crippen molar-refractivity contribution in [1.82, 2.24) is 9.80 Å². The minimum atomic E-state index is -0.573. The van der Waals surface area contributed by atoms with Gasteiger partial charge in [0.15, 0.2) is 0 Å². The minimum absolute atomic E-state index is 0.135. The minimum Gasteiger partial charge on any atom is -0.444 e. The molecule has 118 valence electrons. The lowest BCUT2D eigenvalue weighted by molar-refractivity contribution is -0.140. The van der Waals surface area contributed by atoms with Crippen molar-refractivity contribution in [3.8, 4) is 0 Å². The number of amides is 3. The van der Waals surface area contributed by atoms with Crippen LogP contribution < -0.4 is 0 Å². The van der Waals surface area contributed by atoms with Crippen LogP contribution >= 0.6 is 0 Å². The number of unbranched alkanes of at least 4 members (excludes halogenated alkanes) is 1. The smallest absolute Gasteiger partial charge is 0.410 e. The molecule has 2 fully saturated rings. The maximum Gasteiger partial charge on any atom is 0.410 e. The van der Waals surface area contributed by atoms with Crippen LogP contribution in [0.25, 0.3) is 0 Å². The van der Waals surface area contributed by atoms with E-state index >= 15 is 0 Å². The Balaban J connectivity index is 2.00. The molecule has 0 aromatic carbocycles. The van der Waals surface area contributed by atoms with Gasteiger partial charge in [0.2, 0.25) is 11.8 Å². The average Bonchev–Trinajstić information content (AvgIpc) is 2.88. The van der Waals surface area contributed by atoms with Crippen LogP contribution in [0.4, 0.5) is 4.79 Å². The fourth-order valence-corrected chi connectivity index (χ4v) is 2.83. The summed E-state index contributed by atoms with van der Waals surface area (Å²) in [6.07, 6.45) is 1.32. The van der Waals surface area contributed by atoms with Gasteiger partial charge >= 0.3 is 6.09 Å². The number of ether oxygens (including phenoxy) is 1. The zero-order valence-corrected chi connectivity index (χ0v) is 13.2. The number of fused-ring (bicyclic) bond motifs is 1. The second kappa shape index (κ2) is 5.66. The maximum absolute atomic E-state index is 12.3. The van der Waals surface area contributed by atoms with Gasteiger partial charge in [0.1, 0.15) is 5.60 Å². The molecular weight excluding hydrogens is 272 g/mol. The third-order valence-corrected chi connectivity index (χ3v) is 3.87. The molecule has 0 bridgehead atoms. The Kier molecular flexibility index (Phi) is 4.25. The van der Waals surface area contributed by atoms with Crippen molar-refractivity contribution in [2.24, 2.45) is 11.8 Å². The summed E-state index contributed by atoms with van der Waals surface area (Å²) in [5.41, 5.74) is -0.573. The molecule has 2 saturated heterocycles. The first kappa shape index (κ1) is 15.8. The Bertz CT molecular complexity index is 431. The first-order valence-electron chi connectivity index (χ1n) is 7.57. The third kappa shape index (κ3) is 3.19. The molecule has 0 aliphatic carbocycles. The van der Waals surface area contributed by atoms with E-state index in [-0.39, 0.29) is 36.7 Å². The highest BCUT2D eigenvalue weighted by molar-refractivity contribution is 6.06. The topological polar surface area (TPSA) is 66.9 Å². The Hall–Kier alpha value is -1.59. The van der Waals surface area contributed by atoms with Gasteiger partial charge in [-0.2, -0.15) is 0 Å². The van der Waals surface area contributed by atoms with E-state index in [0.29, 0.717) is 6.54 Å². The van der Waals surface area contributed by atoms with Gasteiger partial charge in [-0.05, 0) is 27.2 Å².